The highest BCUT2D eigenvalue weighted by molar-refractivity contribution is 8.01. The summed E-state index contributed by atoms with van der Waals surface area (Å²) in [6.45, 7) is 2.58. The molecule has 1 heterocycles. The van der Waals surface area contributed by atoms with E-state index >= 15 is 0 Å². The van der Waals surface area contributed by atoms with Crippen LogP contribution in [-0.4, -0.2) is 39.9 Å². The smallest absolute Gasteiger partial charge is 0.233 e. The largest absolute Gasteiger partial charge is 0.497 e. The third-order valence-electron chi connectivity index (χ3n) is 3.65. The highest BCUT2D eigenvalue weighted by Crippen LogP contribution is 2.30. The molecular formula is C16H19N3O2S2. The lowest BCUT2D eigenvalue weighted by Crippen LogP contribution is -2.33. The number of amides is 1. The van der Waals surface area contributed by atoms with Gasteiger partial charge in [0.05, 0.1) is 12.9 Å². The highest BCUT2D eigenvalue weighted by Gasteiger charge is 2.32. The molecule has 0 spiro atoms. The summed E-state index contributed by atoms with van der Waals surface area (Å²) in [6, 6.07) is 8.29. The zero-order valence-electron chi connectivity index (χ0n) is 13.2. The Kier molecular flexibility index (Phi) is 5.17. The number of ether oxygens (including phenoxy) is 1. The van der Waals surface area contributed by atoms with Crippen LogP contribution in [0.2, 0.25) is 0 Å². The van der Waals surface area contributed by atoms with Crippen molar-refractivity contribution in [3.05, 3.63) is 34.8 Å². The number of hydrogen-bond acceptors (Lipinski definition) is 6. The van der Waals surface area contributed by atoms with Gasteiger partial charge >= 0.3 is 0 Å². The molecule has 0 bridgehead atoms. The fourth-order valence-electron chi connectivity index (χ4n) is 2.28. The predicted octanol–water partition coefficient (Wildman–Crippen LogP) is 3.14. The van der Waals surface area contributed by atoms with E-state index in [0.29, 0.717) is 18.3 Å². The van der Waals surface area contributed by atoms with Crippen molar-refractivity contribution < 1.29 is 9.53 Å². The topological polar surface area (TPSA) is 55.3 Å². The first kappa shape index (κ1) is 16.3. The van der Waals surface area contributed by atoms with Gasteiger partial charge in [0.25, 0.3) is 0 Å². The lowest BCUT2D eigenvalue weighted by molar-refractivity contribution is -0.129. The number of carbonyl (C=O) groups excluding carboxylic acids is 1. The molecule has 1 saturated carbocycles. The summed E-state index contributed by atoms with van der Waals surface area (Å²) in [4.78, 5) is 14.6. The van der Waals surface area contributed by atoms with Gasteiger partial charge in [-0.25, -0.2) is 0 Å². The van der Waals surface area contributed by atoms with E-state index < -0.39 is 0 Å². The molecule has 2 aromatic rings. The molecule has 0 N–H and O–H groups in total. The molecule has 1 aliphatic carbocycles. The Bertz CT molecular complexity index is 668. The van der Waals surface area contributed by atoms with Gasteiger partial charge in [0, 0.05) is 12.6 Å². The Morgan fingerprint density at radius 3 is 2.65 bits per heavy atom. The normalized spacial score (nSPS) is 13.8. The van der Waals surface area contributed by atoms with Gasteiger partial charge in [0.2, 0.25) is 5.91 Å². The second-order valence-electron chi connectivity index (χ2n) is 5.48. The first-order chi connectivity index (χ1) is 11.2. The predicted molar refractivity (Wildman–Crippen MR) is 91.9 cm³/mol. The SMILES string of the molecule is COc1ccc(CN(C(=O)CSc2nnc(C)s2)C2CC2)cc1. The summed E-state index contributed by atoms with van der Waals surface area (Å²) in [5, 5.41) is 8.97. The second-order valence-corrected chi connectivity index (χ2v) is 7.88. The number of hydrogen-bond donors (Lipinski definition) is 0. The summed E-state index contributed by atoms with van der Waals surface area (Å²) in [5.74, 6) is 1.42. The van der Waals surface area contributed by atoms with Crippen LogP contribution in [0.5, 0.6) is 5.75 Å². The van der Waals surface area contributed by atoms with Crippen LogP contribution in [0.4, 0.5) is 0 Å². The monoisotopic (exact) mass is 349 g/mol. The molecule has 1 fully saturated rings. The zero-order valence-corrected chi connectivity index (χ0v) is 14.8. The molecule has 122 valence electrons. The number of carbonyl (C=O) groups is 1. The molecule has 1 aliphatic rings. The van der Waals surface area contributed by atoms with Crippen molar-refractivity contribution in [1.29, 1.82) is 0 Å². The van der Waals surface area contributed by atoms with E-state index in [0.717, 1.165) is 33.5 Å². The van der Waals surface area contributed by atoms with Crippen LogP contribution in [0.1, 0.15) is 23.4 Å². The van der Waals surface area contributed by atoms with Crippen LogP contribution < -0.4 is 4.74 Å². The third-order valence-corrected chi connectivity index (χ3v) is 5.60. The van der Waals surface area contributed by atoms with Crippen LogP contribution in [0.25, 0.3) is 0 Å². The van der Waals surface area contributed by atoms with Gasteiger partial charge in [-0.1, -0.05) is 35.2 Å². The number of aryl methyl sites for hydroxylation is 1. The summed E-state index contributed by atoms with van der Waals surface area (Å²) in [6.07, 6.45) is 2.20. The van der Waals surface area contributed by atoms with E-state index in [1.165, 1.54) is 23.1 Å². The Morgan fingerprint density at radius 1 is 1.35 bits per heavy atom. The van der Waals surface area contributed by atoms with Crippen LogP contribution in [0.15, 0.2) is 28.6 Å². The van der Waals surface area contributed by atoms with Gasteiger partial charge in [-0.2, -0.15) is 0 Å². The Balaban J connectivity index is 1.60. The summed E-state index contributed by atoms with van der Waals surface area (Å²) >= 11 is 3.00. The molecule has 5 nitrogen and oxygen atoms in total. The average molecular weight is 349 g/mol. The van der Waals surface area contributed by atoms with Crippen LogP contribution in [0, 0.1) is 6.92 Å². The van der Waals surface area contributed by atoms with E-state index in [9.17, 15) is 4.79 Å². The Hall–Kier alpha value is -1.60. The first-order valence-corrected chi connectivity index (χ1v) is 9.31. The van der Waals surface area contributed by atoms with E-state index in [4.69, 9.17) is 4.74 Å². The highest BCUT2D eigenvalue weighted by atomic mass is 32.2. The molecule has 1 amide bonds. The van der Waals surface area contributed by atoms with Gasteiger partial charge in [0.1, 0.15) is 10.8 Å². The molecule has 0 unspecified atom stereocenters. The van der Waals surface area contributed by atoms with E-state index in [1.807, 2.05) is 36.1 Å². The molecule has 0 aliphatic heterocycles. The zero-order chi connectivity index (χ0) is 16.2. The maximum Gasteiger partial charge on any atom is 0.233 e. The number of benzene rings is 1. The van der Waals surface area contributed by atoms with E-state index in [2.05, 4.69) is 10.2 Å². The fraction of sp³-hybridized carbons (Fsp3) is 0.438. The van der Waals surface area contributed by atoms with Crippen molar-refractivity contribution in [3.63, 3.8) is 0 Å². The minimum atomic E-state index is 0.168. The number of thioether (sulfide) groups is 1. The van der Waals surface area contributed by atoms with Crippen LogP contribution >= 0.6 is 23.1 Å². The Morgan fingerprint density at radius 2 is 2.09 bits per heavy atom. The molecule has 3 rings (SSSR count). The third kappa shape index (κ3) is 4.45. The quantitative estimate of drug-likeness (QED) is 0.719. The second kappa shape index (κ2) is 7.31. The molecule has 7 heteroatoms. The molecular weight excluding hydrogens is 330 g/mol. The van der Waals surface area contributed by atoms with Gasteiger partial charge in [0.15, 0.2) is 4.34 Å². The van der Waals surface area contributed by atoms with E-state index in [-0.39, 0.29) is 5.91 Å². The number of methoxy groups -OCH3 is 1. The number of aromatic nitrogens is 2. The minimum absolute atomic E-state index is 0.168. The summed E-state index contributed by atoms with van der Waals surface area (Å²) < 4.78 is 6.03. The minimum Gasteiger partial charge on any atom is -0.497 e. The lowest BCUT2D eigenvalue weighted by atomic mass is 10.2. The van der Waals surface area contributed by atoms with Crippen molar-refractivity contribution in [3.8, 4) is 5.75 Å². The number of rotatable bonds is 7. The van der Waals surface area contributed by atoms with Crippen molar-refractivity contribution in [2.24, 2.45) is 0 Å². The molecule has 1 aromatic heterocycles. The number of nitrogens with zero attached hydrogens (tertiary/aromatic N) is 3. The molecule has 0 saturated heterocycles. The van der Waals surface area contributed by atoms with Crippen LogP contribution in [0.3, 0.4) is 0 Å². The standard InChI is InChI=1S/C16H19N3O2S2/c1-11-17-18-16(23-11)22-10-15(20)19(13-5-6-13)9-12-3-7-14(21-2)8-4-12/h3-4,7-8,13H,5-6,9-10H2,1-2H3. The summed E-state index contributed by atoms with van der Waals surface area (Å²) in [7, 11) is 1.65. The fourth-order valence-corrected chi connectivity index (χ4v) is 3.98. The molecule has 1 aromatic carbocycles. The van der Waals surface area contributed by atoms with E-state index in [1.54, 1.807) is 7.11 Å². The molecule has 0 radical (unpaired) electrons. The van der Waals surface area contributed by atoms with Crippen molar-refractivity contribution in [2.45, 2.75) is 36.7 Å². The van der Waals surface area contributed by atoms with Gasteiger partial charge < -0.3 is 9.64 Å². The first-order valence-electron chi connectivity index (χ1n) is 7.51. The summed E-state index contributed by atoms with van der Waals surface area (Å²) in [5.41, 5.74) is 1.13. The van der Waals surface area contributed by atoms with Crippen LogP contribution in [-0.2, 0) is 11.3 Å². The van der Waals surface area contributed by atoms with Gasteiger partial charge in [-0.05, 0) is 37.5 Å². The van der Waals surface area contributed by atoms with Gasteiger partial charge in [-0.3, -0.25) is 4.79 Å². The molecule has 23 heavy (non-hydrogen) atoms. The lowest BCUT2D eigenvalue weighted by Gasteiger charge is -2.22. The molecule has 0 atom stereocenters. The van der Waals surface area contributed by atoms with Crippen molar-refractivity contribution in [2.75, 3.05) is 12.9 Å². The maximum atomic E-state index is 12.6. The maximum absolute atomic E-state index is 12.6. The van der Waals surface area contributed by atoms with Gasteiger partial charge in [-0.15, -0.1) is 10.2 Å². The Labute approximate surface area is 144 Å². The van der Waals surface area contributed by atoms with Crippen molar-refractivity contribution in [1.82, 2.24) is 15.1 Å². The van der Waals surface area contributed by atoms with Crippen molar-refractivity contribution >= 4 is 29.0 Å². The average Bonchev–Trinajstić information content (AvgIpc) is 3.32.